The highest BCUT2D eigenvalue weighted by atomic mass is 16.5. The summed E-state index contributed by atoms with van der Waals surface area (Å²) in [6.07, 6.45) is 2.78. The average Bonchev–Trinajstić information content (AvgIpc) is 2.59. The fraction of sp³-hybridized carbons (Fsp3) is 0.316. The first kappa shape index (κ1) is 16.8. The molecule has 0 bridgehead atoms. The number of anilines is 1. The van der Waals surface area contributed by atoms with Crippen molar-refractivity contribution in [3.05, 3.63) is 41.1 Å². The molecule has 0 radical (unpaired) electrons. The van der Waals surface area contributed by atoms with Crippen LogP contribution in [0.5, 0.6) is 5.75 Å². The van der Waals surface area contributed by atoms with Crippen molar-refractivity contribution in [1.29, 1.82) is 5.26 Å². The van der Waals surface area contributed by atoms with Gasteiger partial charge in [0.1, 0.15) is 23.2 Å². The molecule has 3 rings (SSSR count). The minimum absolute atomic E-state index is 0.192. The molecule has 1 heterocycles. The maximum Gasteiger partial charge on any atom is 0.255 e. The molecule has 0 fully saturated rings. The number of hydrogen-bond acceptors (Lipinski definition) is 5. The van der Waals surface area contributed by atoms with E-state index in [1.54, 1.807) is 12.1 Å². The summed E-state index contributed by atoms with van der Waals surface area (Å²) < 4.78 is 5.39. The molecule has 0 aliphatic heterocycles. The molecule has 1 aliphatic carbocycles. The number of primary amides is 1. The van der Waals surface area contributed by atoms with Gasteiger partial charge in [-0.3, -0.25) is 4.79 Å². The lowest BCUT2D eigenvalue weighted by Gasteiger charge is -2.25. The molecule has 1 aromatic heterocycles. The highest BCUT2D eigenvalue weighted by molar-refractivity contribution is 5.80. The number of amides is 1. The molecule has 25 heavy (non-hydrogen) atoms. The first-order valence-corrected chi connectivity index (χ1v) is 8.22. The number of carbonyl (C=O) groups is 1. The Morgan fingerprint density at radius 1 is 1.48 bits per heavy atom. The maximum atomic E-state index is 10.9. The third-order valence-corrected chi connectivity index (χ3v) is 4.45. The van der Waals surface area contributed by atoms with Crippen LogP contribution in [-0.4, -0.2) is 17.5 Å². The molecular formula is C19H20N4O2. The Morgan fingerprint density at radius 2 is 2.28 bits per heavy atom. The van der Waals surface area contributed by atoms with E-state index in [-0.39, 0.29) is 12.4 Å². The van der Waals surface area contributed by atoms with Gasteiger partial charge in [-0.15, -0.1) is 0 Å². The Morgan fingerprint density at radius 3 is 3.00 bits per heavy atom. The van der Waals surface area contributed by atoms with Crippen LogP contribution in [0.15, 0.2) is 24.3 Å². The van der Waals surface area contributed by atoms with Crippen molar-refractivity contribution in [3.63, 3.8) is 0 Å². The highest BCUT2D eigenvalue weighted by Crippen LogP contribution is 2.38. The van der Waals surface area contributed by atoms with Gasteiger partial charge in [0.25, 0.3) is 5.91 Å². The summed E-state index contributed by atoms with van der Waals surface area (Å²) in [5, 5.41) is 9.61. The molecule has 4 N–H and O–H groups in total. The zero-order valence-electron chi connectivity index (χ0n) is 14.1. The lowest BCUT2D eigenvalue weighted by molar-refractivity contribution is -0.119. The van der Waals surface area contributed by atoms with Gasteiger partial charge in [0.05, 0.1) is 0 Å². The SMILES string of the molecule is C[C@H]1CCc2nc(N)c(C#N)c(-c3cccc(OCC(N)=O)c3)c2C1. The number of rotatable bonds is 4. The maximum absolute atomic E-state index is 10.9. The van der Waals surface area contributed by atoms with Gasteiger partial charge < -0.3 is 16.2 Å². The summed E-state index contributed by atoms with van der Waals surface area (Å²) in [4.78, 5) is 15.4. The van der Waals surface area contributed by atoms with Crippen LogP contribution >= 0.6 is 0 Å². The molecule has 1 amide bonds. The van der Waals surface area contributed by atoms with Crippen LogP contribution < -0.4 is 16.2 Å². The number of nitrogens with zero attached hydrogens (tertiary/aromatic N) is 2. The van der Waals surface area contributed by atoms with E-state index in [0.29, 0.717) is 17.2 Å². The van der Waals surface area contributed by atoms with Crippen molar-refractivity contribution in [3.8, 4) is 22.9 Å². The van der Waals surface area contributed by atoms with E-state index in [2.05, 4.69) is 18.0 Å². The number of ether oxygens (including phenoxy) is 1. The number of nitrogen functional groups attached to an aromatic ring is 1. The molecule has 6 heteroatoms. The molecule has 1 atom stereocenters. The van der Waals surface area contributed by atoms with Crippen molar-refractivity contribution in [1.82, 2.24) is 4.98 Å². The van der Waals surface area contributed by atoms with Crippen LogP contribution in [0.1, 0.15) is 30.2 Å². The molecule has 6 nitrogen and oxygen atoms in total. The van der Waals surface area contributed by atoms with Gasteiger partial charge in [-0.2, -0.15) is 5.26 Å². The highest BCUT2D eigenvalue weighted by Gasteiger charge is 2.24. The second kappa shape index (κ2) is 6.81. The van der Waals surface area contributed by atoms with Crippen LogP contribution in [0.2, 0.25) is 0 Å². The number of benzene rings is 1. The molecule has 128 valence electrons. The number of aryl methyl sites for hydroxylation is 1. The summed E-state index contributed by atoms with van der Waals surface area (Å²) in [6, 6.07) is 9.48. The number of fused-ring (bicyclic) bond motifs is 1. The summed E-state index contributed by atoms with van der Waals surface area (Å²) in [6.45, 7) is 2.00. The summed E-state index contributed by atoms with van der Waals surface area (Å²) in [7, 11) is 0. The van der Waals surface area contributed by atoms with E-state index in [1.165, 1.54) is 0 Å². The number of nitriles is 1. The van der Waals surface area contributed by atoms with E-state index in [4.69, 9.17) is 16.2 Å². The molecule has 1 aliphatic rings. The quantitative estimate of drug-likeness (QED) is 0.888. The fourth-order valence-corrected chi connectivity index (χ4v) is 3.28. The molecule has 1 aromatic carbocycles. The Kier molecular flexibility index (Phi) is 4.57. The van der Waals surface area contributed by atoms with Crippen molar-refractivity contribution >= 4 is 11.7 Å². The largest absolute Gasteiger partial charge is 0.484 e. The molecule has 0 unspecified atom stereocenters. The predicted octanol–water partition coefficient (Wildman–Crippen LogP) is 2.19. The molecule has 0 spiro atoms. The number of hydrogen-bond donors (Lipinski definition) is 2. The van der Waals surface area contributed by atoms with Gasteiger partial charge in [0.2, 0.25) is 0 Å². The summed E-state index contributed by atoms with van der Waals surface area (Å²) in [5.41, 5.74) is 15.3. The average molecular weight is 336 g/mol. The van der Waals surface area contributed by atoms with Gasteiger partial charge in [-0.25, -0.2) is 4.98 Å². The number of nitrogens with two attached hydrogens (primary N) is 2. The fourth-order valence-electron chi connectivity index (χ4n) is 3.28. The van der Waals surface area contributed by atoms with Crippen LogP contribution in [0.4, 0.5) is 5.82 Å². The van der Waals surface area contributed by atoms with Gasteiger partial charge in [0.15, 0.2) is 6.61 Å². The second-order valence-electron chi connectivity index (χ2n) is 6.41. The van der Waals surface area contributed by atoms with E-state index in [9.17, 15) is 10.1 Å². The molecule has 2 aromatic rings. The monoisotopic (exact) mass is 336 g/mol. The minimum atomic E-state index is -0.539. The van der Waals surface area contributed by atoms with Crippen molar-refractivity contribution < 1.29 is 9.53 Å². The van der Waals surface area contributed by atoms with Crippen molar-refractivity contribution in [2.45, 2.75) is 26.2 Å². The number of pyridine rings is 1. The second-order valence-corrected chi connectivity index (χ2v) is 6.41. The normalized spacial score (nSPS) is 15.9. The van der Waals surface area contributed by atoms with Crippen LogP contribution in [0.25, 0.3) is 11.1 Å². The van der Waals surface area contributed by atoms with Crippen LogP contribution in [-0.2, 0) is 17.6 Å². The summed E-state index contributed by atoms with van der Waals surface area (Å²) in [5.74, 6) is 0.766. The Labute approximate surface area is 146 Å². The number of aromatic nitrogens is 1. The van der Waals surface area contributed by atoms with E-state index in [0.717, 1.165) is 41.6 Å². The van der Waals surface area contributed by atoms with E-state index >= 15 is 0 Å². The predicted molar refractivity (Wildman–Crippen MR) is 94.7 cm³/mol. The van der Waals surface area contributed by atoms with E-state index in [1.807, 2.05) is 12.1 Å². The smallest absolute Gasteiger partial charge is 0.255 e. The Balaban J connectivity index is 2.13. The first-order valence-electron chi connectivity index (χ1n) is 8.22. The molecule has 0 saturated carbocycles. The zero-order chi connectivity index (χ0) is 18.0. The zero-order valence-corrected chi connectivity index (χ0v) is 14.1. The third-order valence-electron chi connectivity index (χ3n) is 4.45. The van der Waals surface area contributed by atoms with Gasteiger partial charge in [0, 0.05) is 11.3 Å². The van der Waals surface area contributed by atoms with Crippen molar-refractivity contribution in [2.75, 3.05) is 12.3 Å². The number of carbonyl (C=O) groups excluding carboxylic acids is 1. The lowest BCUT2D eigenvalue weighted by Crippen LogP contribution is -2.20. The lowest BCUT2D eigenvalue weighted by atomic mass is 9.82. The third kappa shape index (κ3) is 3.41. The van der Waals surface area contributed by atoms with Gasteiger partial charge in [-0.05, 0) is 48.4 Å². The Hall–Kier alpha value is -3.07. The van der Waals surface area contributed by atoms with Crippen LogP contribution in [0, 0.1) is 17.2 Å². The first-order chi connectivity index (χ1) is 12.0. The minimum Gasteiger partial charge on any atom is -0.484 e. The van der Waals surface area contributed by atoms with Gasteiger partial charge >= 0.3 is 0 Å². The molecular weight excluding hydrogens is 316 g/mol. The van der Waals surface area contributed by atoms with Crippen LogP contribution in [0.3, 0.4) is 0 Å². The standard InChI is InChI=1S/C19H20N4O2/c1-11-5-6-16-14(7-11)18(15(9-20)19(22)23-16)12-3-2-4-13(8-12)25-10-17(21)24/h2-4,8,11H,5-7,10H2,1H3,(H2,21,24)(H2,22,23)/t11-/m0/s1. The van der Waals surface area contributed by atoms with E-state index < -0.39 is 5.91 Å². The Bertz CT molecular complexity index is 870. The summed E-state index contributed by atoms with van der Waals surface area (Å²) >= 11 is 0. The van der Waals surface area contributed by atoms with Gasteiger partial charge in [-0.1, -0.05) is 19.1 Å². The molecule has 0 saturated heterocycles. The van der Waals surface area contributed by atoms with Crippen molar-refractivity contribution in [2.24, 2.45) is 11.7 Å². The topological polar surface area (TPSA) is 115 Å².